The van der Waals surface area contributed by atoms with Gasteiger partial charge in [-0.1, -0.05) is 24.6 Å². The van der Waals surface area contributed by atoms with Gasteiger partial charge in [0.25, 0.3) is 0 Å². The van der Waals surface area contributed by atoms with Crippen LogP contribution in [0, 0.1) is 0 Å². The SMILES string of the molecule is CCOC(=O)c1c(NC(=O)C(C)Sc2nnc(-c3ccco3)c(-c3ccco3)n2)sc2c1CCCCCC2. The zero-order valence-electron chi connectivity index (χ0n) is 21.2. The van der Waals surface area contributed by atoms with Crippen LogP contribution in [0.3, 0.4) is 0 Å². The first kappa shape index (κ1) is 26.2. The molecule has 5 rings (SSSR count). The van der Waals surface area contributed by atoms with Crippen molar-refractivity contribution in [2.45, 2.75) is 62.8 Å². The molecular formula is C27H28N4O5S2. The molecule has 1 aliphatic carbocycles. The number of esters is 1. The minimum atomic E-state index is -0.560. The molecule has 11 heteroatoms. The first-order chi connectivity index (χ1) is 18.5. The monoisotopic (exact) mass is 552 g/mol. The average molecular weight is 553 g/mol. The van der Waals surface area contributed by atoms with E-state index in [2.05, 4.69) is 20.5 Å². The van der Waals surface area contributed by atoms with Crippen LogP contribution in [-0.2, 0) is 22.4 Å². The van der Waals surface area contributed by atoms with Crippen molar-refractivity contribution in [2.75, 3.05) is 11.9 Å². The lowest BCUT2D eigenvalue weighted by Crippen LogP contribution is -2.23. The Labute approximate surface area is 228 Å². The van der Waals surface area contributed by atoms with E-state index in [0.29, 0.717) is 38.6 Å². The number of thioether (sulfide) groups is 1. The third kappa shape index (κ3) is 5.68. The number of rotatable bonds is 8. The highest BCUT2D eigenvalue weighted by atomic mass is 32.2. The lowest BCUT2D eigenvalue weighted by molar-refractivity contribution is -0.115. The molecule has 0 aromatic carbocycles. The molecule has 1 aliphatic rings. The fraction of sp³-hybridized carbons (Fsp3) is 0.370. The van der Waals surface area contributed by atoms with Gasteiger partial charge in [0.2, 0.25) is 11.1 Å². The number of hydrogen-bond donors (Lipinski definition) is 1. The van der Waals surface area contributed by atoms with Crippen LogP contribution in [0.4, 0.5) is 5.00 Å². The van der Waals surface area contributed by atoms with E-state index < -0.39 is 5.25 Å². The summed E-state index contributed by atoms with van der Waals surface area (Å²) in [6, 6.07) is 7.07. The summed E-state index contributed by atoms with van der Waals surface area (Å²) in [7, 11) is 0. The standard InChI is InChI=1S/C27H28N4O5S2/c1-3-34-26(33)21-17-10-6-4-5-7-13-20(17)38-25(21)29-24(32)16(2)37-27-28-22(18-11-8-14-35-18)23(30-31-27)19-12-9-15-36-19/h8-9,11-12,14-16H,3-7,10,13H2,1-2H3,(H,29,32). The molecule has 1 N–H and O–H groups in total. The Morgan fingerprint density at radius 1 is 1.05 bits per heavy atom. The number of carbonyl (C=O) groups excluding carboxylic acids is 2. The minimum absolute atomic E-state index is 0.256. The fourth-order valence-corrected chi connectivity index (χ4v) is 6.37. The van der Waals surface area contributed by atoms with Crippen molar-refractivity contribution >= 4 is 40.0 Å². The number of aryl methyl sites for hydroxylation is 1. The lowest BCUT2D eigenvalue weighted by Gasteiger charge is -2.13. The van der Waals surface area contributed by atoms with Gasteiger partial charge in [0, 0.05) is 4.88 Å². The molecule has 38 heavy (non-hydrogen) atoms. The van der Waals surface area contributed by atoms with Gasteiger partial charge in [0.15, 0.2) is 17.2 Å². The third-order valence-electron chi connectivity index (χ3n) is 6.22. The van der Waals surface area contributed by atoms with Gasteiger partial charge in [-0.3, -0.25) is 4.79 Å². The van der Waals surface area contributed by atoms with Crippen LogP contribution < -0.4 is 5.32 Å². The molecular weight excluding hydrogens is 524 g/mol. The maximum Gasteiger partial charge on any atom is 0.341 e. The van der Waals surface area contributed by atoms with Crippen LogP contribution in [-0.4, -0.2) is 38.9 Å². The van der Waals surface area contributed by atoms with Crippen LogP contribution in [0.25, 0.3) is 22.9 Å². The summed E-state index contributed by atoms with van der Waals surface area (Å²) < 4.78 is 16.4. The van der Waals surface area contributed by atoms with Gasteiger partial charge in [-0.15, -0.1) is 21.5 Å². The van der Waals surface area contributed by atoms with E-state index in [4.69, 9.17) is 13.6 Å². The largest absolute Gasteiger partial charge is 0.463 e. The molecule has 0 spiro atoms. The van der Waals surface area contributed by atoms with Gasteiger partial charge in [-0.25, -0.2) is 9.78 Å². The van der Waals surface area contributed by atoms with Crippen molar-refractivity contribution in [2.24, 2.45) is 0 Å². The number of furan rings is 2. The van der Waals surface area contributed by atoms with Gasteiger partial charge >= 0.3 is 5.97 Å². The van der Waals surface area contributed by atoms with E-state index in [1.807, 2.05) is 0 Å². The Bertz CT molecular complexity index is 1400. The predicted octanol–water partition coefficient (Wildman–Crippen LogP) is 6.41. The van der Waals surface area contributed by atoms with E-state index in [1.54, 1.807) is 50.6 Å². The Morgan fingerprint density at radius 3 is 2.45 bits per heavy atom. The zero-order chi connectivity index (χ0) is 26.5. The molecule has 198 valence electrons. The van der Waals surface area contributed by atoms with E-state index >= 15 is 0 Å². The summed E-state index contributed by atoms with van der Waals surface area (Å²) in [4.78, 5) is 32.0. The Balaban J connectivity index is 1.38. The lowest BCUT2D eigenvalue weighted by atomic mass is 9.96. The molecule has 0 radical (unpaired) electrons. The van der Waals surface area contributed by atoms with Gasteiger partial charge in [0.1, 0.15) is 10.7 Å². The van der Waals surface area contributed by atoms with Crippen molar-refractivity contribution in [1.82, 2.24) is 15.2 Å². The second-order valence-electron chi connectivity index (χ2n) is 8.84. The number of thiophene rings is 1. The summed E-state index contributed by atoms with van der Waals surface area (Å²) >= 11 is 2.66. The van der Waals surface area contributed by atoms with Crippen LogP contribution in [0.1, 0.15) is 60.3 Å². The zero-order valence-corrected chi connectivity index (χ0v) is 22.8. The summed E-state index contributed by atoms with van der Waals surface area (Å²) in [5, 5.41) is 11.8. The van der Waals surface area contributed by atoms with Crippen LogP contribution >= 0.6 is 23.1 Å². The molecule has 9 nitrogen and oxygen atoms in total. The molecule has 4 aromatic rings. The van der Waals surface area contributed by atoms with Crippen molar-refractivity contribution in [3.05, 3.63) is 52.8 Å². The smallest absolute Gasteiger partial charge is 0.341 e. The summed E-state index contributed by atoms with van der Waals surface area (Å²) in [6.07, 6.45) is 9.24. The molecule has 4 aromatic heterocycles. The second kappa shape index (κ2) is 12.0. The first-order valence-electron chi connectivity index (χ1n) is 12.7. The highest BCUT2D eigenvalue weighted by Gasteiger charge is 2.28. The minimum Gasteiger partial charge on any atom is -0.463 e. The number of carbonyl (C=O) groups is 2. The number of nitrogens with one attached hydrogen (secondary N) is 1. The molecule has 1 unspecified atom stereocenters. The molecule has 0 fully saturated rings. The topological polar surface area (TPSA) is 120 Å². The van der Waals surface area contributed by atoms with E-state index in [0.717, 1.165) is 42.5 Å². The van der Waals surface area contributed by atoms with Crippen molar-refractivity contribution in [1.29, 1.82) is 0 Å². The van der Waals surface area contributed by atoms with Crippen molar-refractivity contribution < 1.29 is 23.2 Å². The van der Waals surface area contributed by atoms with Crippen LogP contribution in [0.15, 0.2) is 50.8 Å². The number of nitrogens with zero attached hydrogens (tertiary/aromatic N) is 3. The van der Waals surface area contributed by atoms with Gasteiger partial charge in [-0.05, 0) is 69.4 Å². The van der Waals surface area contributed by atoms with Crippen molar-refractivity contribution in [3.63, 3.8) is 0 Å². The highest BCUT2D eigenvalue weighted by molar-refractivity contribution is 8.00. The predicted molar refractivity (Wildman–Crippen MR) is 145 cm³/mol. The number of aromatic nitrogens is 3. The van der Waals surface area contributed by atoms with E-state index in [9.17, 15) is 9.59 Å². The molecule has 0 bridgehead atoms. The maximum atomic E-state index is 13.3. The van der Waals surface area contributed by atoms with Gasteiger partial charge in [0.05, 0.1) is 29.9 Å². The number of fused-ring (bicyclic) bond motifs is 1. The van der Waals surface area contributed by atoms with Crippen molar-refractivity contribution in [3.8, 4) is 22.9 Å². The normalized spacial score (nSPS) is 14.3. The Kier molecular flexibility index (Phi) is 8.23. The third-order valence-corrected chi connectivity index (χ3v) is 8.37. The molecule has 0 saturated heterocycles. The fourth-order valence-electron chi connectivity index (χ4n) is 4.38. The van der Waals surface area contributed by atoms with Gasteiger partial charge in [-0.2, -0.15) is 0 Å². The Morgan fingerprint density at radius 2 is 1.76 bits per heavy atom. The number of ether oxygens (including phenoxy) is 1. The molecule has 0 saturated carbocycles. The van der Waals surface area contributed by atoms with Crippen LogP contribution in [0.2, 0.25) is 0 Å². The van der Waals surface area contributed by atoms with Gasteiger partial charge < -0.3 is 18.9 Å². The number of hydrogen-bond acceptors (Lipinski definition) is 10. The summed E-state index contributed by atoms with van der Waals surface area (Å²) in [5.74, 6) is 0.386. The maximum absolute atomic E-state index is 13.3. The molecule has 1 atom stereocenters. The molecule has 4 heterocycles. The van der Waals surface area contributed by atoms with E-state index in [1.165, 1.54) is 29.5 Å². The quantitative estimate of drug-likeness (QED) is 0.195. The summed E-state index contributed by atoms with van der Waals surface area (Å²) in [6.45, 7) is 3.83. The number of anilines is 1. The average Bonchev–Trinajstić information content (AvgIpc) is 3.66. The van der Waals surface area contributed by atoms with E-state index in [-0.39, 0.29) is 18.5 Å². The van der Waals surface area contributed by atoms with Crippen LogP contribution in [0.5, 0.6) is 0 Å². The second-order valence-corrected chi connectivity index (χ2v) is 11.3. The highest BCUT2D eigenvalue weighted by Crippen LogP contribution is 2.38. The Hall–Kier alpha value is -3.44. The first-order valence-corrected chi connectivity index (χ1v) is 14.4. The molecule has 1 amide bonds. The number of amides is 1. The molecule has 0 aliphatic heterocycles. The summed E-state index contributed by atoms with van der Waals surface area (Å²) in [5.41, 5.74) is 2.44.